The van der Waals surface area contributed by atoms with Gasteiger partial charge in [0.25, 0.3) is 0 Å². The van der Waals surface area contributed by atoms with E-state index in [1.807, 2.05) is 0 Å². The van der Waals surface area contributed by atoms with Crippen LogP contribution in [0.15, 0.2) is 12.2 Å². The summed E-state index contributed by atoms with van der Waals surface area (Å²) in [5.74, 6) is 0. The van der Waals surface area contributed by atoms with Crippen LogP contribution in [0.1, 0.15) is 96.8 Å². The van der Waals surface area contributed by atoms with Gasteiger partial charge in [-0.2, -0.15) is 0 Å². The molecule has 1 aliphatic heterocycles. The number of hydrogen-bond acceptors (Lipinski definition) is 5. The second-order valence-electron chi connectivity index (χ2n) is 8.39. The Balaban J connectivity index is 1.86. The Labute approximate surface area is 178 Å². The minimum absolute atomic E-state index is 0.153. The Morgan fingerprint density at radius 3 is 2.03 bits per heavy atom. The predicted octanol–water partition coefficient (Wildman–Crippen LogP) is 4.52. The summed E-state index contributed by atoms with van der Waals surface area (Å²) >= 11 is 0. The number of aliphatic hydroxyl groups is 3. The molecule has 0 aliphatic carbocycles. The van der Waals surface area contributed by atoms with Crippen molar-refractivity contribution in [2.75, 3.05) is 19.8 Å². The zero-order valence-corrected chi connectivity index (χ0v) is 18.6. The average Bonchev–Trinajstić information content (AvgIpc) is 3.10. The molecule has 0 spiro atoms. The molecule has 0 aromatic rings. The van der Waals surface area contributed by atoms with Crippen LogP contribution in [0.2, 0.25) is 0 Å². The quantitative estimate of drug-likeness (QED) is 0.214. The molecule has 0 aromatic carbocycles. The molecular formula is C24H46O5. The van der Waals surface area contributed by atoms with E-state index in [9.17, 15) is 10.2 Å². The van der Waals surface area contributed by atoms with Crippen molar-refractivity contribution >= 4 is 0 Å². The molecule has 5 nitrogen and oxygen atoms in total. The summed E-state index contributed by atoms with van der Waals surface area (Å²) in [5.41, 5.74) is 0. The summed E-state index contributed by atoms with van der Waals surface area (Å²) in [7, 11) is 0. The van der Waals surface area contributed by atoms with Crippen LogP contribution in [-0.2, 0) is 9.47 Å². The number of ether oxygens (including phenoxy) is 2. The van der Waals surface area contributed by atoms with Gasteiger partial charge in [-0.3, -0.25) is 0 Å². The highest BCUT2D eigenvalue weighted by Crippen LogP contribution is 2.21. The fourth-order valence-corrected chi connectivity index (χ4v) is 3.83. The third-order valence-corrected chi connectivity index (χ3v) is 5.70. The van der Waals surface area contributed by atoms with Crippen LogP contribution < -0.4 is 0 Å². The van der Waals surface area contributed by atoms with Crippen molar-refractivity contribution in [3.63, 3.8) is 0 Å². The van der Waals surface area contributed by atoms with Crippen LogP contribution in [0.5, 0.6) is 0 Å². The van der Waals surface area contributed by atoms with Gasteiger partial charge in [-0.25, -0.2) is 0 Å². The molecule has 172 valence electrons. The summed E-state index contributed by atoms with van der Waals surface area (Å²) in [6.45, 7) is 2.59. The molecule has 1 aliphatic rings. The van der Waals surface area contributed by atoms with Gasteiger partial charge in [0.2, 0.25) is 0 Å². The van der Waals surface area contributed by atoms with Crippen molar-refractivity contribution in [2.24, 2.45) is 0 Å². The number of hydrogen-bond donors (Lipinski definition) is 3. The first kappa shape index (κ1) is 26.6. The molecule has 0 radical (unpaired) electrons. The first-order chi connectivity index (χ1) is 14.2. The second kappa shape index (κ2) is 18.3. The fraction of sp³-hybridized carbons (Fsp3) is 0.917. The molecule has 0 bridgehead atoms. The minimum atomic E-state index is -1.00. The standard InChI is InChI=1S/C24H46O5/c1-2-3-4-5-6-7-8-9-10-11-12-13-14-15-16-17-18-28-24-22(27)20-29-23(24)21(26)19-25/h8-9,21-27H,2-7,10-20H2,1H3/b9-8+/t21-,22+,23-,24-/m1/s1. The van der Waals surface area contributed by atoms with Crippen molar-refractivity contribution in [1.29, 1.82) is 0 Å². The van der Waals surface area contributed by atoms with Gasteiger partial charge in [0.05, 0.1) is 13.2 Å². The Morgan fingerprint density at radius 2 is 1.45 bits per heavy atom. The zero-order valence-electron chi connectivity index (χ0n) is 18.6. The summed E-state index contributed by atoms with van der Waals surface area (Å²) < 4.78 is 11.0. The van der Waals surface area contributed by atoms with Gasteiger partial charge in [-0.15, -0.1) is 0 Å². The summed E-state index contributed by atoms with van der Waals surface area (Å²) in [4.78, 5) is 0. The first-order valence-electron chi connectivity index (χ1n) is 12.1. The van der Waals surface area contributed by atoms with Crippen LogP contribution in [0.4, 0.5) is 0 Å². The third kappa shape index (κ3) is 12.7. The fourth-order valence-electron chi connectivity index (χ4n) is 3.83. The third-order valence-electron chi connectivity index (χ3n) is 5.70. The average molecular weight is 415 g/mol. The van der Waals surface area contributed by atoms with Gasteiger partial charge < -0.3 is 24.8 Å². The maximum absolute atomic E-state index is 9.89. The molecule has 1 fully saturated rings. The van der Waals surface area contributed by atoms with E-state index in [0.29, 0.717) is 6.61 Å². The molecule has 1 saturated heterocycles. The van der Waals surface area contributed by atoms with Crippen LogP contribution in [0, 0.1) is 0 Å². The smallest absolute Gasteiger partial charge is 0.114 e. The van der Waals surface area contributed by atoms with Gasteiger partial charge in [0, 0.05) is 6.61 Å². The van der Waals surface area contributed by atoms with Gasteiger partial charge in [0.1, 0.15) is 24.4 Å². The second-order valence-corrected chi connectivity index (χ2v) is 8.39. The highest BCUT2D eigenvalue weighted by Gasteiger charge is 2.40. The number of rotatable bonds is 19. The lowest BCUT2D eigenvalue weighted by molar-refractivity contribution is -0.0938. The van der Waals surface area contributed by atoms with E-state index in [1.54, 1.807) is 0 Å². The maximum Gasteiger partial charge on any atom is 0.114 e. The van der Waals surface area contributed by atoms with E-state index in [2.05, 4.69) is 19.1 Å². The van der Waals surface area contributed by atoms with E-state index >= 15 is 0 Å². The lowest BCUT2D eigenvalue weighted by atomic mass is 10.1. The zero-order chi connectivity index (χ0) is 21.2. The summed E-state index contributed by atoms with van der Waals surface area (Å²) in [6.07, 6.45) is 19.5. The normalized spacial score (nSPS) is 23.2. The Bertz CT molecular complexity index is 387. The molecule has 0 aromatic heterocycles. The van der Waals surface area contributed by atoms with E-state index in [4.69, 9.17) is 14.6 Å². The molecule has 1 rings (SSSR count). The molecule has 5 heteroatoms. The molecule has 1 heterocycles. The Hall–Kier alpha value is -0.460. The topological polar surface area (TPSA) is 79.2 Å². The predicted molar refractivity (Wildman–Crippen MR) is 118 cm³/mol. The lowest BCUT2D eigenvalue weighted by Gasteiger charge is -2.23. The van der Waals surface area contributed by atoms with Gasteiger partial charge in [-0.1, -0.05) is 76.9 Å². The van der Waals surface area contributed by atoms with Crippen molar-refractivity contribution in [1.82, 2.24) is 0 Å². The number of aliphatic hydroxyl groups excluding tert-OH is 3. The van der Waals surface area contributed by atoms with Gasteiger partial charge in [-0.05, 0) is 32.1 Å². The van der Waals surface area contributed by atoms with Crippen LogP contribution in [0.3, 0.4) is 0 Å². The van der Waals surface area contributed by atoms with E-state index < -0.39 is 24.4 Å². The molecule has 0 saturated carbocycles. The monoisotopic (exact) mass is 414 g/mol. The van der Waals surface area contributed by atoms with Crippen LogP contribution in [0.25, 0.3) is 0 Å². The van der Waals surface area contributed by atoms with Crippen LogP contribution in [-0.4, -0.2) is 59.6 Å². The molecule has 3 N–H and O–H groups in total. The van der Waals surface area contributed by atoms with E-state index in [-0.39, 0.29) is 13.2 Å². The van der Waals surface area contributed by atoms with Crippen molar-refractivity contribution in [3.8, 4) is 0 Å². The number of unbranched alkanes of at least 4 members (excludes halogenated alkanes) is 12. The molecule has 4 atom stereocenters. The number of allylic oxidation sites excluding steroid dienone is 2. The first-order valence-corrected chi connectivity index (χ1v) is 12.1. The highest BCUT2D eigenvalue weighted by atomic mass is 16.6. The minimum Gasteiger partial charge on any atom is -0.394 e. The molecular weight excluding hydrogens is 368 g/mol. The largest absolute Gasteiger partial charge is 0.394 e. The highest BCUT2D eigenvalue weighted by molar-refractivity contribution is 4.89. The molecule has 0 unspecified atom stereocenters. The van der Waals surface area contributed by atoms with E-state index in [0.717, 1.165) is 12.8 Å². The molecule has 0 amide bonds. The Kier molecular flexibility index (Phi) is 16.8. The van der Waals surface area contributed by atoms with Gasteiger partial charge in [0.15, 0.2) is 0 Å². The van der Waals surface area contributed by atoms with Crippen molar-refractivity contribution in [3.05, 3.63) is 12.2 Å². The van der Waals surface area contributed by atoms with Crippen molar-refractivity contribution < 1.29 is 24.8 Å². The summed E-state index contributed by atoms with van der Waals surface area (Å²) in [5, 5.41) is 28.7. The SMILES string of the molecule is CCCCCCC/C=C/CCCCCCCCCO[C@H]1[C@@H]([C@H](O)CO)OC[C@@H]1O. The van der Waals surface area contributed by atoms with Crippen molar-refractivity contribution in [2.45, 2.75) is 121 Å². The summed E-state index contributed by atoms with van der Waals surface area (Å²) in [6, 6.07) is 0. The van der Waals surface area contributed by atoms with Crippen LogP contribution >= 0.6 is 0 Å². The lowest BCUT2D eigenvalue weighted by Crippen LogP contribution is -2.42. The Morgan fingerprint density at radius 1 is 0.897 bits per heavy atom. The van der Waals surface area contributed by atoms with E-state index in [1.165, 1.54) is 77.0 Å². The van der Waals surface area contributed by atoms with Gasteiger partial charge >= 0.3 is 0 Å². The maximum atomic E-state index is 9.89. The molecule has 29 heavy (non-hydrogen) atoms.